The predicted molar refractivity (Wildman–Crippen MR) is 90.3 cm³/mol. The summed E-state index contributed by atoms with van der Waals surface area (Å²) in [5.74, 6) is -1.66. The second-order valence-corrected chi connectivity index (χ2v) is 6.90. The number of carboxylic acid groups (broad SMARTS) is 1. The number of carboxylic acids is 1. The second-order valence-electron chi connectivity index (χ2n) is 5.63. The summed E-state index contributed by atoms with van der Waals surface area (Å²) in [5.41, 5.74) is -0.880. The van der Waals surface area contributed by atoms with Crippen molar-refractivity contribution in [2.45, 2.75) is 25.6 Å². The van der Waals surface area contributed by atoms with Crippen molar-refractivity contribution in [3.8, 4) is 0 Å². The van der Waals surface area contributed by atoms with Crippen molar-refractivity contribution < 1.29 is 32.7 Å². The van der Waals surface area contributed by atoms with E-state index in [0.717, 1.165) is 22.7 Å². The van der Waals surface area contributed by atoms with Gasteiger partial charge in [0.15, 0.2) is 5.12 Å². The molecule has 1 aromatic rings. The number of halogens is 3. The van der Waals surface area contributed by atoms with Crippen molar-refractivity contribution >= 4 is 34.3 Å². The van der Waals surface area contributed by atoms with E-state index in [2.05, 4.69) is 0 Å². The first-order chi connectivity index (χ1) is 12.1. The van der Waals surface area contributed by atoms with Gasteiger partial charge in [0.25, 0.3) is 0 Å². The Balaban J connectivity index is 2.26. The summed E-state index contributed by atoms with van der Waals surface area (Å²) in [6, 6.07) is 3.52. The van der Waals surface area contributed by atoms with E-state index in [1.54, 1.807) is 0 Å². The first kappa shape index (κ1) is 20.0. The fourth-order valence-corrected chi connectivity index (χ4v) is 3.24. The molecular formula is C17H16F3NO4S. The van der Waals surface area contributed by atoms with Gasteiger partial charge in [0.05, 0.1) is 5.56 Å². The van der Waals surface area contributed by atoms with E-state index in [4.69, 9.17) is 0 Å². The van der Waals surface area contributed by atoms with Gasteiger partial charge in [-0.15, -0.1) is 0 Å². The van der Waals surface area contributed by atoms with E-state index in [1.165, 1.54) is 31.2 Å². The molecule has 0 spiro atoms. The molecule has 1 atom stereocenters. The number of nitrogens with zero attached hydrogens (tertiary/aromatic N) is 1. The quantitative estimate of drug-likeness (QED) is 0.841. The van der Waals surface area contributed by atoms with Gasteiger partial charge in [0.2, 0.25) is 5.91 Å². The highest BCUT2D eigenvalue weighted by atomic mass is 32.2. The Morgan fingerprint density at radius 2 is 1.92 bits per heavy atom. The lowest BCUT2D eigenvalue weighted by Crippen LogP contribution is -2.41. The number of thioether (sulfide) groups is 1. The van der Waals surface area contributed by atoms with Crippen LogP contribution in [-0.4, -0.2) is 45.3 Å². The molecule has 0 bridgehead atoms. The SMILES string of the molecule is CC(=O)SCCC(=O)N1CC(c2ccccc2C(F)(F)F)=C[C@H]1C(=O)O. The van der Waals surface area contributed by atoms with Gasteiger partial charge in [-0.2, -0.15) is 13.2 Å². The van der Waals surface area contributed by atoms with Crippen molar-refractivity contribution in [3.05, 3.63) is 41.5 Å². The van der Waals surface area contributed by atoms with E-state index < -0.39 is 29.7 Å². The van der Waals surface area contributed by atoms with Crippen LogP contribution in [0.2, 0.25) is 0 Å². The van der Waals surface area contributed by atoms with Crippen LogP contribution in [0.25, 0.3) is 5.57 Å². The largest absolute Gasteiger partial charge is 0.479 e. The molecule has 0 saturated carbocycles. The summed E-state index contributed by atoms with van der Waals surface area (Å²) in [6.45, 7) is 1.12. The normalized spacial score (nSPS) is 17.2. The molecule has 5 nitrogen and oxygen atoms in total. The zero-order valence-electron chi connectivity index (χ0n) is 13.7. The van der Waals surface area contributed by atoms with Crippen molar-refractivity contribution in [3.63, 3.8) is 0 Å². The van der Waals surface area contributed by atoms with Crippen LogP contribution in [0.3, 0.4) is 0 Å². The molecule has 0 radical (unpaired) electrons. The summed E-state index contributed by atoms with van der Waals surface area (Å²) in [4.78, 5) is 35.7. The van der Waals surface area contributed by atoms with Crippen LogP contribution >= 0.6 is 11.8 Å². The lowest BCUT2D eigenvalue weighted by molar-refractivity contribution is -0.146. The number of carbonyl (C=O) groups is 3. The van der Waals surface area contributed by atoms with E-state index in [0.29, 0.717) is 0 Å². The third-order valence-electron chi connectivity index (χ3n) is 3.81. The maximum atomic E-state index is 13.2. The topological polar surface area (TPSA) is 74.7 Å². The number of hydrogen-bond acceptors (Lipinski definition) is 4. The van der Waals surface area contributed by atoms with E-state index in [-0.39, 0.29) is 35.0 Å². The number of alkyl halides is 3. The Morgan fingerprint density at radius 3 is 2.50 bits per heavy atom. The van der Waals surface area contributed by atoms with Crippen LogP contribution in [0.15, 0.2) is 30.3 Å². The lowest BCUT2D eigenvalue weighted by Gasteiger charge is -2.22. The van der Waals surface area contributed by atoms with Crippen molar-refractivity contribution in [2.75, 3.05) is 12.3 Å². The fourth-order valence-electron chi connectivity index (χ4n) is 2.67. The maximum absolute atomic E-state index is 13.2. The van der Waals surface area contributed by atoms with Gasteiger partial charge < -0.3 is 10.0 Å². The third-order valence-corrected chi connectivity index (χ3v) is 4.62. The fraction of sp³-hybridized carbons (Fsp3) is 0.353. The molecule has 1 aromatic carbocycles. The van der Waals surface area contributed by atoms with Crippen LogP contribution in [0.4, 0.5) is 13.2 Å². The number of carbonyl (C=O) groups excluding carboxylic acids is 2. The number of rotatable bonds is 5. The summed E-state index contributed by atoms with van der Waals surface area (Å²) in [7, 11) is 0. The summed E-state index contributed by atoms with van der Waals surface area (Å²) in [5, 5.41) is 9.15. The molecule has 0 unspecified atom stereocenters. The molecule has 9 heteroatoms. The number of aliphatic carboxylic acids is 1. The summed E-state index contributed by atoms with van der Waals surface area (Å²) < 4.78 is 39.6. The highest BCUT2D eigenvalue weighted by Crippen LogP contribution is 2.37. The molecule has 2 rings (SSSR count). The summed E-state index contributed by atoms with van der Waals surface area (Å²) in [6.07, 6.45) is -3.50. The van der Waals surface area contributed by atoms with Gasteiger partial charge in [-0.05, 0) is 23.3 Å². The van der Waals surface area contributed by atoms with E-state index in [9.17, 15) is 32.7 Å². The molecule has 0 aromatic heterocycles. The zero-order valence-corrected chi connectivity index (χ0v) is 14.6. The smallest absolute Gasteiger partial charge is 0.416 e. The molecule has 0 saturated heterocycles. The van der Waals surface area contributed by atoms with Crippen molar-refractivity contribution in [1.82, 2.24) is 4.90 Å². The maximum Gasteiger partial charge on any atom is 0.416 e. The Morgan fingerprint density at radius 1 is 1.27 bits per heavy atom. The number of hydrogen-bond donors (Lipinski definition) is 1. The van der Waals surface area contributed by atoms with Gasteiger partial charge >= 0.3 is 12.1 Å². The molecule has 26 heavy (non-hydrogen) atoms. The van der Waals surface area contributed by atoms with Crippen LogP contribution in [-0.2, 0) is 20.6 Å². The molecule has 1 aliphatic rings. The minimum absolute atomic E-state index is 0.0733. The monoisotopic (exact) mass is 387 g/mol. The molecule has 1 heterocycles. The summed E-state index contributed by atoms with van der Waals surface area (Å²) >= 11 is 0.931. The van der Waals surface area contributed by atoms with E-state index in [1.807, 2.05) is 0 Å². The minimum atomic E-state index is -4.59. The van der Waals surface area contributed by atoms with Crippen LogP contribution in [0.1, 0.15) is 24.5 Å². The Kier molecular flexibility index (Phi) is 6.12. The molecular weight excluding hydrogens is 371 g/mol. The standard InChI is InChI=1S/C17H16F3NO4S/c1-10(22)26-7-6-15(23)21-9-11(8-14(21)16(24)25)12-4-2-3-5-13(12)17(18,19)20/h2-5,8,14H,6-7,9H2,1H3,(H,24,25)/t14-/m0/s1. The molecule has 0 aliphatic carbocycles. The average Bonchev–Trinajstić information content (AvgIpc) is 2.99. The van der Waals surface area contributed by atoms with Crippen LogP contribution in [0, 0.1) is 0 Å². The van der Waals surface area contributed by atoms with Gasteiger partial charge in [0, 0.05) is 25.6 Å². The molecule has 1 aliphatic heterocycles. The first-order valence-corrected chi connectivity index (χ1v) is 8.62. The van der Waals surface area contributed by atoms with Gasteiger partial charge in [-0.3, -0.25) is 9.59 Å². The van der Waals surface area contributed by atoms with Crippen LogP contribution in [0.5, 0.6) is 0 Å². The van der Waals surface area contributed by atoms with E-state index >= 15 is 0 Å². The minimum Gasteiger partial charge on any atom is -0.479 e. The highest BCUT2D eigenvalue weighted by molar-refractivity contribution is 8.13. The van der Waals surface area contributed by atoms with Crippen molar-refractivity contribution in [1.29, 1.82) is 0 Å². The van der Waals surface area contributed by atoms with Gasteiger partial charge in [-0.1, -0.05) is 30.0 Å². The lowest BCUT2D eigenvalue weighted by atomic mass is 9.99. The zero-order chi connectivity index (χ0) is 19.5. The Labute approximate surface area is 151 Å². The van der Waals surface area contributed by atoms with Gasteiger partial charge in [-0.25, -0.2) is 4.79 Å². The van der Waals surface area contributed by atoms with Crippen LogP contribution < -0.4 is 0 Å². The Hall–Kier alpha value is -2.29. The molecule has 1 amide bonds. The third kappa shape index (κ3) is 4.66. The Bertz CT molecular complexity index is 761. The average molecular weight is 387 g/mol. The molecule has 1 N–H and O–H groups in total. The molecule has 140 valence electrons. The molecule has 0 fully saturated rings. The predicted octanol–water partition coefficient (Wildman–Crippen LogP) is 3.05. The number of amides is 1. The second kappa shape index (κ2) is 7.94. The van der Waals surface area contributed by atoms with Gasteiger partial charge in [0.1, 0.15) is 6.04 Å². The number of benzene rings is 1. The first-order valence-electron chi connectivity index (χ1n) is 7.64. The highest BCUT2D eigenvalue weighted by Gasteiger charge is 2.38. The van der Waals surface area contributed by atoms with Crippen molar-refractivity contribution in [2.24, 2.45) is 0 Å².